The van der Waals surface area contributed by atoms with Gasteiger partial charge in [-0.15, -0.1) is 0 Å². The van der Waals surface area contributed by atoms with Crippen molar-refractivity contribution in [3.05, 3.63) is 76.0 Å². The van der Waals surface area contributed by atoms with E-state index in [1.807, 2.05) is 12.1 Å². The molecule has 0 bridgehead atoms. The molecule has 2 heterocycles. The number of hydrogen-bond acceptors (Lipinski definition) is 6. The lowest BCUT2D eigenvalue weighted by Gasteiger charge is -2.34. The van der Waals surface area contributed by atoms with Gasteiger partial charge in [0.1, 0.15) is 17.1 Å². The number of esters is 1. The highest BCUT2D eigenvalue weighted by Gasteiger charge is 2.25. The summed E-state index contributed by atoms with van der Waals surface area (Å²) in [6.45, 7) is 8.46. The minimum atomic E-state index is -0.632. The predicted octanol–water partition coefficient (Wildman–Crippen LogP) is 5.72. The van der Waals surface area contributed by atoms with Crippen LogP contribution in [0.25, 0.3) is 0 Å². The van der Waals surface area contributed by atoms with E-state index in [1.54, 1.807) is 56.0 Å². The Kier molecular flexibility index (Phi) is 7.88. The number of carbonyl (C=O) groups is 2. The van der Waals surface area contributed by atoms with Crippen LogP contribution in [0, 0.1) is 0 Å². The number of benzene rings is 2. The van der Waals surface area contributed by atoms with Gasteiger partial charge in [0.15, 0.2) is 5.69 Å². The van der Waals surface area contributed by atoms with Gasteiger partial charge in [-0.1, -0.05) is 23.2 Å². The molecule has 1 aliphatic rings. The molecule has 4 rings (SSSR count). The summed E-state index contributed by atoms with van der Waals surface area (Å²) in [4.78, 5) is 29.0. The van der Waals surface area contributed by atoms with Crippen LogP contribution in [0.1, 0.15) is 36.8 Å². The molecule has 10 heteroatoms. The monoisotopic (exact) mass is 530 g/mol. The first-order valence-corrected chi connectivity index (χ1v) is 12.3. The van der Waals surface area contributed by atoms with Crippen molar-refractivity contribution in [2.45, 2.75) is 32.9 Å². The van der Waals surface area contributed by atoms with Gasteiger partial charge in [0, 0.05) is 49.0 Å². The molecule has 0 spiro atoms. The van der Waals surface area contributed by atoms with Crippen molar-refractivity contribution in [3.63, 3.8) is 0 Å². The smallest absolute Gasteiger partial charge is 0.359 e. The largest absolute Gasteiger partial charge is 0.457 e. The van der Waals surface area contributed by atoms with E-state index in [0.717, 1.165) is 5.56 Å². The summed E-state index contributed by atoms with van der Waals surface area (Å²) in [6.07, 6.45) is 1.49. The number of rotatable bonds is 5. The van der Waals surface area contributed by atoms with E-state index in [2.05, 4.69) is 10.00 Å². The Morgan fingerprint density at radius 1 is 0.917 bits per heavy atom. The third kappa shape index (κ3) is 7.00. The molecule has 0 saturated carbocycles. The van der Waals surface area contributed by atoms with E-state index in [0.29, 0.717) is 54.3 Å². The number of halogens is 2. The van der Waals surface area contributed by atoms with Crippen LogP contribution >= 0.6 is 23.2 Å². The van der Waals surface area contributed by atoms with Gasteiger partial charge in [-0.25, -0.2) is 9.59 Å². The van der Waals surface area contributed by atoms with Gasteiger partial charge in [-0.2, -0.15) is 9.78 Å². The lowest BCUT2D eigenvalue weighted by atomic mass is 10.2. The number of aromatic nitrogens is 2. The molecule has 0 N–H and O–H groups in total. The maximum Gasteiger partial charge on any atom is 0.359 e. The summed E-state index contributed by atoms with van der Waals surface area (Å²) in [7, 11) is 0. The number of piperazine rings is 1. The van der Waals surface area contributed by atoms with E-state index in [9.17, 15) is 9.59 Å². The van der Waals surface area contributed by atoms with Crippen molar-refractivity contribution in [1.82, 2.24) is 19.6 Å². The molecule has 2 aromatic carbocycles. The maximum atomic E-state index is 12.9. The van der Waals surface area contributed by atoms with E-state index < -0.39 is 11.6 Å². The van der Waals surface area contributed by atoms with Crippen molar-refractivity contribution < 1.29 is 19.1 Å². The van der Waals surface area contributed by atoms with Crippen LogP contribution < -0.4 is 4.74 Å². The number of nitrogens with zero attached hydrogens (tertiary/aromatic N) is 4. The Morgan fingerprint density at radius 3 is 2.28 bits per heavy atom. The number of amides is 1. The minimum absolute atomic E-state index is 0.106. The lowest BCUT2D eigenvalue weighted by Crippen LogP contribution is -2.49. The lowest BCUT2D eigenvalue weighted by molar-refractivity contribution is 0.00623. The molecule has 1 amide bonds. The van der Waals surface area contributed by atoms with Crippen LogP contribution in [0.5, 0.6) is 11.5 Å². The van der Waals surface area contributed by atoms with Crippen molar-refractivity contribution in [2.24, 2.45) is 0 Å². The van der Waals surface area contributed by atoms with E-state index in [-0.39, 0.29) is 11.7 Å². The normalized spacial score (nSPS) is 14.5. The molecule has 190 valence electrons. The average Bonchev–Trinajstić information content (AvgIpc) is 3.30. The van der Waals surface area contributed by atoms with Gasteiger partial charge in [0.25, 0.3) is 0 Å². The number of carbonyl (C=O) groups excluding carboxylic acids is 2. The predicted molar refractivity (Wildman–Crippen MR) is 138 cm³/mol. The molecule has 8 nitrogen and oxygen atoms in total. The topological polar surface area (TPSA) is 76.9 Å². The SMILES string of the molecule is CC(C)(C)OC(=O)c1ccn(C(=O)N2CCN(Cc3cc(Cl)cc(Oc4ccc(Cl)cc4)c3)CC2)n1. The van der Waals surface area contributed by atoms with Crippen LogP contribution in [-0.4, -0.2) is 63.4 Å². The van der Waals surface area contributed by atoms with Crippen molar-refractivity contribution in [3.8, 4) is 11.5 Å². The van der Waals surface area contributed by atoms with Gasteiger partial charge in [-0.3, -0.25) is 4.90 Å². The molecule has 0 atom stereocenters. The molecule has 1 aliphatic heterocycles. The number of hydrogen-bond donors (Lipinski definition) is 0. The molecule has 3 aromatic rings. The standard InChI is InChI=1S/C26H28Cl2N4O4/c1-26(2,3)36-24(33)23-8-9-32(29-23)25(34)31-12-10-30(11-13-31)17-18-14-20(28)16-22(15-18)35-21-6-4-19(27)5-7-21/h4-9,14-16H,10-13,17H2,1-3H3. The first-order chi connectivity index (χ1) is 17.1. The Labute approximate surface area is 220 Å². The van der Waals surface area contributed by atoms with Crippen LogP contribution in [0.15, 0.2) is 54.7 Å². The summed E-state index contributed by atoms with van der Waals surface area (Å²) in [6, 6.07) is 14.0. The Hall–Kier alpha value is -3.07. The Morgan fingerprint density at radius 2 is 1.61 bits per heavy atom. The van der Waals surface area contributed by atoms with Crippen molar-refractivity contribution in [2.75, 3.05) is 26.2 Å². The van der Waals surface area contributed by atoms with Gasteiger partial charge >= 0.3 is 12.0 Å². The summed E-state index contributed by atoms with van der Waals surface area (Å²) in [5.74, 6) is 0.765. The highest BCUT2D eigenvalue weighted by atomic mass is 35.5. The average molecular weight is 531 g/mol. The second kappa shape index (κ2) is 10.9. The van der Waals surface area contributed by atoms with Gasteiger partial charge in [-0.05, 0) is 74.9 Å². The molecule has 1 fully saturated rings. The van der Waals surface area contributed by atoms with Gasteiger partial charge < -0.3 is 14.4 Å². The number of ether oxygens (including phenoxy) is 2. The molecule has 1 aromatic heterocycles. The highest BCUT2D eigenvalue weighted by Crippen LogP contribution is 2.28. The molecular weight excluding hydrogens is 503 g/mol. The zero-order valence-corrected chi connectivity index (χ0v) is 21.9. The summed E-state index contributed by atoms with van der Waals surface area (Å²) < 4.78 is 12.4. The maximum absolute atomic E-state index is 12.9. The molecule has 0 aliphatic carbocycles. The Bertz CT molecular complexity index is 1230. The fourth-order valence-corrected chi connectivity index (χ4v) is 4.15. The van der Waals surface area contributed by atoms with Crippen LogP contribution in [0.4, 0.5) is 4.79 Å². The third-order valence-electron chi connectivity index (χ3n) is 5.42. The molecule has 36 heavy (non-hydrogen) atoms. The quantitative estimate of drug-likeness (QED) is 0.392. The fourth-order valence-electron chi connectivity index (χ4n) is 3.78. The minimum Gasteiger partial charge on any atom is -0.457 e. The molecular formula is C26H28Cl2N4O4. The van der Waals surface area contributed by atoms with E-state index in [4.69, 9.17) is 32.7 Å². The van der Waals surface area contributed by atoms with E-state index in [1.165, 1.54) is 16.9 Å². The van der Waals surface area contributed by atoms with Crippen molar-refractivity contribution >= 4 is 35.2 Å². The van der Waals surface area contributed by atoms with E-state index >= 15 is 0 Å². The highest BCUT2D eigenvalue weighted by molar-refractivity contribution is 6.31. The second-order valence-corrected chi connectivity index (χ2v) is 10.4. The third-order valence-corrected chi connectivity index (χ3v) is 5.89. The first kappa shape index (κ1) is 26.0. The van der Waals surface area contributed by atoms with Crippen LogP contribution in [0.3, 0.4) is 0 Å². The fraction of sp³-hybridized carbons (Fsp3) is 0.346. The van der Waals surface area contributed by atoms with Crippen LogP contribution in [-0.2, 0) is 11.3 Å². The van der Waals surface area contributed by atoms with Crippen molar-refractivity contribution in [1.29, 1.82) is 0 Å². The Balaban J connectivity index is 1.32. The summed E-state index contributed by atoms with van der Waals surface area (Å²) in [5.41, 5.74) is 0.488. The van der Waals surface area contributed by atoms with Gasteiger partial charge in [0.2, 0.25) is 0 Å². The van der Waals surface area contributed by atoms with Crippen LogP contribution in [0.2, 0.25) is 10.0 Å². The molecule has 0 unspecified atom stereocenters. The summed E-state index contributed by atoms with van der Waals surface area (Å²) in [5, 5.41) is 5.35. The second-order valence-electron chi connectivity index (χ2n) is 9.54. The summed E-state index contributed by atoms with van der Waals surface area (Å²) >= 11 is 12.3. The molecule has 0 radical (unpaired) electrons. The zero-order valence-electron chi connectivity index (χ0n) is 20.4. The zero-order chi connectivity index (χ0) is 25.9. The molecule has 1 saturated heterocycles. The first-order valence-electron chi connectivity index (χ1n) is 11.6. The van der Waals surface area contributed by atoms with Gasteiger partial charge in [0.05, 0.1) is 0 Å².